The van der Waals surface area contributed by atoms with Gasteiger partial charge in [-0.1, -0.05) is 18.2 Å². The number of aromatic nitrogens is 1. The first-order valence-electron chi connectivity index (χ1n) is 8.41. The normalized spacial score (nSPS) is 10.6. The van der Waals surface area contributed by atoms with Gasteiger partial charge in [0.05, 0.1) is 18.3 Å². The summed E-state index contributed by atoms with van der Waals surface area (Å²) >= 11 is 0. The molecule has 0 saturated heterocycles. The minimum atomic E-state index is -0.639. The zero-order valence-electron chi connectivity index (χ0n) is 15.4. The first-order valence-corrected chi connectivity index (χ1v) is 8.41. The highest BCUT2D eigenvalue weighted by atomic mass is 16.5. The van der Waals surface area contributed by atoms with Crippen molar-refractivity contribution in [3.8, 4) is 11.8 Å². The minimum Gasteiger partial charge on any atom is -0.496 e. The van der Waals surface area contributed by atoms with Gasteiger partial charge in [-0.15, -0.1) is 0 Å². The van der Waals surface area contributed by atoms with Crippen LogP contribution in [0, 0.1) is 11.3 Å². The molecular weight excluding hydrogens is 356 g/mol. The minimum absolute atomic E-state index is 0.328. The highest BCUT2D eigenvalue weighted by molar-refractivity contribution is 5.95. The van der Waals surface area contributed by atoms with Gasteiger partial charge >= 0.3 is 0 Å². The van der Waals surface area contributed by atoms with Gasteiger partial charge in [0.2, 0.25) is 0 Å². The van der Waals surface area contributed by atoms with Crippen LogP contribution in [0.15, 0.2) is 54.6 Å². The Morgan fingerprint density at radius 1 is 1.29 bits per heavy atom. The maximum atomic E-state index is 11.3. The van der Waals surface area contributed by atoms with Crippen LogP contribution < -0.4 is 15.1 Å². The maximum Gasteiger partial charge on any atom is 0.267 e. The Morgan fingerprint density at radius 2 is 2.07 bits per heavy atom. The highest BCUT2D eigenvalue weighted by Gasteiger charge is 2.13. The molecule has 0 radical (unpaired) electrons. The molecule has 0 bridgehead atoms. The SMILES string of the molecule is COc1ccc(N(C)c2cc(C#N)nc3ccccc23)cc1/C=C/C(=O)NO. The monoisotopic (exact) mass is 374 g/mol. The molecule has 7 nitrogen and oxygen atoms in total. The largest absolute Gasteiger partial charge is 0.496 e. The summed E-state index contributed by atoms with van der Waals surface area (Å²) in [5, 5.41) is 18.9. The Morgan fingerprint density at radius 3 is 2.79 bits per heavy atom. The van der Waals surface area contributed by atoms with Crippen molar-refractivity contribution < 1.29 is 14.7 Å². The number of carbonyl (C=O) groups is 1. The van der Waals surface area contributed by atoms with Crippen molar-refractivity contribution in [1.29, 1.82) is 5.26 Å². The molecule has 2 aromatic carbocycles. The summed E-state index contributed by atoms with van der Waals surface area (Å²) in [4.78, 5) is 17.6. The number of benzene rings is 2. The maximum absolute atomic E-state index is 11.3. The number of para-hydroxylation sites is 1. The van der Waals surface area contributed by atoms with Crippen LogP contribution in [0.4, 0.5) is 11.4 Å². The Kier molecular flexibility index (Phi) is 5.53. The number of methoxy groups -OCH3 is 1. The average molecular weight is 374 g/mol. The molecule has 1 aromatic heterocycles. The van der Waals surface area contributed by atoms with E-state index in [-0.39, 0.29) is 0 Å². The van der Waals surface area contributed by atoms with Gasteiger partial charge in [0, 0.05) is 29.8 Å². The fourth-order valence-electron chi connectivity index (χ4n) is 2.89. The second-order valence-corrected chi connectivity index (χ2v) is 5.95. The Hall–Kier alpha value is -3.89. The predicted molar refractivity (Wildman–Crippen MR) is 106 cm³/mol. The lowest BCUT2D eigenvalue weighted by atomic mass is 10.1. The first kappa shape index (κ1) is 18.9. The molecule has 0 unspecified atom stereocenters. The molecule has 0 atom stereocenters. The third kappa shape index (κ3) is 3.77. The van der Waals surface area contributed by atoms with Crippen molar-refractivity contribution in [2.24, 2.45) is 0 Å². The van der Waals surface area contributed by atoms with E-state index in [1.54, 1.807) is 23.7 Å². The zero-order valence-corrected chi connectivity index (χ0v) is 15.4. The number of nitrogens with zero attached hydrogens (tertiary/aromatic N) is 3. The molecule has 7 heteroatoms. The van der Waals surface area contributed by atoms with Crippen molar-refractivity contribution in [2.45, 2.75) is 0 Å². The van der Waals surface area contributed by atoms with Gasteiger partial charge in [-0.05, 0) is 36.4 Å². The molecule has 0 aliphatic carbocycles. The standard InChI is InChI=1S/C21H18N4O3/c1-25(19-12-15(13-22)23-18-6-4-3-5-17(18)19)16-8-9-20(28-2)14(11-16)7-10-21(26)24-27/h3-12,27H,1-2H3,(H,24,26)/b10-7+. The van der Waals surface area contributed by atoms with Gasteiger partial charge in [-0.2, -0.15) is 5.26 Å². The summed E-state index contributed by atoms with van der Waals surface area (Å²) in [6.07, 6.45) is 2.75. The summed E-state index contributed by atoms with van der Waals surface area (Å²) in [5.41, 5.74) is 4.93. The third-order valence-electron chi connectivity index (χ3n) is 4.30. The smallest absolute Gasteiger partial charge is 0.267 e. The van der Waals surface area contributed by atoms with Crippen LogP contribution in [0.5, 0.6) is 5.75 Å². The third-order valence-corrected chi connectivity index (χ3v) is 4.30. The number of ether oxygens (including phenoxy) is 1. The second-order valence-electron chi connectivity index (χ2n) is 5.95. The van der Waals surface area contributed by atoms with Crippen molar-refractivity contribution in [1.82, 2.24) is 10.5 Å². The van der Waals surface area contributed by atoms with E-state index in [0.717, 1.165) is 22.3 Å². The number of nitriles is 1. The lowest BCUT2D eigenvalue weighted by Gasteiger charge is -2.22. The van der Waals surface area contributed by atoms with Crippen LogP contribution in [-0.2, 0) is 4.79 Å². The summed E-state index contributed by atoms with van der Waals surface area (Å²) in [6.45, 7) is 0. The quantitative estimate of drug-likeness (QED) is 0.403. The summed E-state index contributed by atoms with van der Waals surface area (Å²) < 4.78 is 5.34. The van der Waals surface area contributed by atoms with E-state index in [1.807, 2.05) is 48.3 Å². The summed E-state index contributed by atoms with van der Waals surface area (Å²) in [6, 6.07) is 17.0. The van der Waals surface area contributed by atoms with Crippen molar-refractivity contribution in [2.75, 3.05) is 19.1 Å². The van der Waals surface area contributed by atoms with E-state index in [4.69, 9.17) is 9.94 Å². The number of amides is 1. The molecule has 1 amide bonds. The molecule has 28 heavy (non-hydrogen) atoms. The molecule has 0 saturated carbocycles. The Labute approximate surface area is 162 Å². The van der Waals surface area contributed by atoms with E-state index >= 15 is 0 Å². The molecular formula is C21H18N4O3. The number of hydroxylamine groups is 1. The van der Waals surface area contributed by atoms with Gasteiger partial charge in [-0.3, -0.25) is 10.0 Å². The number of hydrogen-bond acceptors (Lipinski definition) is 6. The van der Waals surface area contributed by atoms with Crippen LogP contribution in [0.3, 0.4) is 0 Å². The number of nitrogens with one attached hydrogen (secondary N) is 1. The lowest BCUT2D eigenvalue weighted by Crippen LogP contribution is -2.15. The van der Waals surface area contributed by atoms with E-state index in [9.17, 15) is 10.1 Å². The Bertz CT molecular complexity index is 1100. The lowest BCUT2D eigenvalue weighted by molar-refractivity contribution is -0.124. The van der Waals surface area contributed by atoms with Gasteiger partial charge in [0.25, 0.3) is 5.91 Å². The molecule has 0 fully saturated rings. The van der Waals surface area contributed by atoms with Crippen molar-refractivity contribution >= 4 is 34.3 Å². The second kappa shape index (κ2) is 8.20. The predicted octanol–water partition coefficient (Wildman–Crippen LogP) is 3.40. The molecule has 3 aromatic rings. The number of rotatable bonds is 5. The molecule has 1 heterocycles. The fourth-order valence-corrected chi connectivity index (χ4v) is 2.89. The molecule has 2 N–H and O–H groups in total. The summed E-state index contributed by atoms with van der Waals surface area (Å²) in [5.74, 6) is -0.0592. The molecule has 0 aliphatic heterocycles. The van der Waals surface area contributed by atoms with E-state index in [2.05, 4.69) is 11.1 Å². The van der Waals surface area contributed by atoms with E-state index in [1.165, 1.54) is 13.2 Å². The van der Waals surface area contributed by atoms with Crippen molar-refractivity contribution in [3.63, 3.8) is 0 Å². The van der Waals surface area contributed by atoms with Crippen LogP contribution >= 0.6 is 0 Å². The van der Waals surface area contributed by atoms with Crippen LogP contribution in [-0.4, -0.2) is 30.3 Å². The van der Waals surface area contributed by atoms with Crippen LogP contribution in [0.2, 0.25) is 0 Å². The molecule has 3 rings (SSSR count). The number of carbonyl (C=O) groups excluding carboxylic acids is 1. The number of anilines is 2. The summed E-state index contributed by atoms with van der Waals surface area (Å²) in [7, 11) is 3.43. The topological polar surface area (TPSA) is 98.5 Å². The molecule has 0 aliphatic rings. The van der Waals surface area contributed by atoms with Crippen molar-refractivity contribution in [3.05, 3.63) is 65.9 Å². The number of fused-ring (bicyclic) bond motifs is 1. The van der Waals surface area contributed by atoms with Crippen LogP contribution in [0.1, 0.15) is 11.3 Å². The molecule has 0 spiro atoms. The zero-order chi connectivity index (χ0) is 20.1. The van der Waals surface area contributed by atoms with Gasteiger partial charge in [0.15, 0.2) is 0 Å². The van der Waals surface area contributed by atoms with Gasteiger partial charge in [0.1, 0.15) is 17.5 Å². The Balaban J connectivity index is 2.09. The first-order chi connectivity index (χ1) is 13.6. The number of pyridine rings is 1. The average Bonchev–Trinajstić information content (AvgIpc) is 2.75. The fraction of sp³-hybridized carbons (Fsp3) is 0.0952. The molecule has 140 valence electrons. The highest BCUT2D eigenvalue weighted by Crippen LogP contribution is 2.33. The van der Waals surface area contributed by atoms with Gasteiger partial charge in [-0.25, -0.2) is 10.5 Å². The number of hydrogen-bond donors (Lipinski definition) is 2. The van der Waals surface area contributed by atoms with Crippen LogP contribution in [0.25, 0.3) is 17.0 Å². The van der Waals surface area contributed by atoms with Gasteiger partial charge < -0.3 is 9.64 Å². The van der Waals surface area contributed by atoms with E-state index in [0.29, 0.717) is 17.0 Å². The van der Waals surface area contributed by atoms with E-state index < -0.39 is 5.91 Å².